The highest BCUT2D eigenvalue weighted by Gasteiger charge is 2.31. The van der Waals surface area contributed by atoms with Gasteiger partial charge in [0, 0.05) is 38.8 Å². The molecule has 9 nitrogen and oxygen atoms in total. The van der Waals surface area contributed by atoms with Crippen molar-refractivity contribution in [2.24, 2.45) is 0 Å². The summed E-state index contributed by atoms with van der Waals surface area (Å²) in [6.45, 7) is 5.08. The van der Waals surface area contributed by atoms with E-state index in [1.807, 2.05) is 17.0 Å². The Kier molecular flexibility index (Phi) is 4.03. The van der Waals surface area contributed by atoms with E-state index in [1.54, 1.807) is 10.8 Å². The highest BCUT2D eigenvalue weighted by Crippen LogP contribution is 2.21. The van der Waals surface area contributed by atoms with Crippen LogP contribution in [0.2, 0.25) is 0 Å². The number of morpholine rings is 1. The number of carbonyl (C=O) groups is 1. The van der Waals surface area contributed by atoms with E-state index < -0.39 is 0 Å². The molecule has 128 valence electrons. The van der Waals surface area contributed by atoms with Crippen molar-refractivity contribution in [1.29, 1.82) is 0 Å². The maximum Gasteiger partial charge on any atom is 0.248 e. The van der Waals surface area contributed by atoms with E-state index in [2.05, 4.69) is 32.1 Å². The number of aromatic nitrogens is 4. The summed E-state index contributed by atoms with van der Waals surface area (Å²) in [4.78, 5) is 18.2. The number of amides is 1. The monoisotopic (exact) mass is 331 g/mol. The molecular formula is C15H21N7O2. The summed E-state index contributed by atoms with van der Waals surface area (Å²) in [5.74, 6) is 1.03. The molecule has 2 aromatic rings. The standard InChI is InChI=1S/C15H21N7O2/c1-19(4-5-20-6-7-24-10-15(20)23)12-8-21(9-12)14-3-2-13-17-16-11-22(13)18-14/h2-3,11-12H,4-10H2,1H3. The van der Waals surface area contributed by atoms with Crippen molar-refractivity contribution in [3.63, 3.8) is 0 Å². The number of anilines is 1. The second-order valence-electron chi connectivity index (χ2n) is 6.30. The van der Waals surface area contributed by atoms with Gasteiger partial charge in [0.2, 0.25) is 5.91 Å². The number of hydrogen-bond donors (Lipinski definition) is 0. The average Bonchev–Trinajstić information content (AvgIpc) is 3.00. The molecule has 2 aliphatic rings. The van der Waals surface area contributed by atoms with Crippen LogP contribution in [0.25, 0.3) is 5.65 Å². The van der Waals surface area contributed by atoms with Crippen LogP contribution in [0.1, 0.15) is 0 Å². The Morgan fingerprint density at radius 3 is 3.08 bits per heavy atom. The van der Waals surface area contributed by atoms with Gasteiger partial charge in [0.05, 0.1) is 6.61 Å². The summed E-state index contributed by atoms with van der Waals surface area (Å²) in [5, 5.41) is 12.3. The number of fused-ring (bicyclic) bond motifs is 1. The first-order chi connectivity index (χ1) is 11.7. The summed E-state index contributed by atoms with van der Waals surface area (Å²) in [6.07, 6.45) is 1.61. The number of carbonyl (C=O) groups excluding carboxylic acids is 1. The zero-order chi connectivity index (χ0) is 16.5. The second kappa shape index (κ2) is 6.33. The molecule has 0 radical (unpaired) electrons. The molecule has 2 aliphatic heterocycles. The Labute approximate surface area is 139 Å². The van der Waals surface area contributed by atoms with Crippen LogP contribution in [0.3, 0.4) is 0 Å². The van der Waals surface area contributed by atoms with Gasteiger partial charge in [0.1, 0.15) is 18.8 Å². The number of hydrogen-bond acceptors (Lipinski definition) is 7. The zero-order valence-electron chi connectivity index (χ0n) is 13.7. The third-order valence-electron chi connectivity index (χ3n) is 4.76. The largest absolute Gasteiger partial charge is 0.370 e. The van der Waals surface area contributed by atoms with E-state index in [1.165, 1.54) is 0 Å². The van der Waals surface area contributed by atoms with E-state index in [4.69, 9.17) is 4.74 Å². The maximum atomic E-state index is 11.7. The molecule has 0 unspecified atom stereocenters. The summed E-state index contributed by atoms with van der Waals surface area (Å²) in [7, 11) is 2.11. The van der Waals surface area contributed by atoms with Gasteiger partial charge >= 0.3 is 0 Å². The van der Waals surface area contributed by atoms with Crippen LogP contribution < -0.4 is 4.90 Å². The van der Waals surface area contributed by atoms with E-state index in [-0.39, 0.29) is 12.5 Å². The Balaban J connectivity index is 1.27. The van der Waals surface area contributed by atoms with E-state index in [0.717, 1.165) is 37.6 Å². The molecule has 24 heavy (non-hydrogen) atoms. The van der Waals surface area contributed by atoms with Gasteiger partial charge in [-0.15, -0.1) is 15.3 Å². The molecule has 2 fully saturated rings. The van der Waals surface area contributed by atoms with Gasteiger partial charge in [-0.1, -0.05) is 0 Å². The van der Waals surface area contributed by atoms with Crippen molar-refractivity contribution in [2.45, 2.75) is 6.04 Å². The quantitative estimate of drug-likeness (QED) is 0.703. The molecule has 0 bridgehead atoms. The summed E-state index contributed by atoms with van der Waals surface area (Å²) < 4.78 is 6.85. The Morgan fingerprint density at radius 1 is 1.38 bits per heavy atom. The van der Waals surface area contributed by atoms with E-state index in [0.29, 0.717) is 19.2 Å². The number of ether oxygens (including phenoxy) is 1. The van der Waals surface area contributed by atoms with Crippen LogP contribution in [0, 0.1) is 0 Å². The van der Waals surface area contributed by atoms with Crippen LogP contribution in [-0.2, 0) is 9.53 Å². The second-order valence-corrected chi connectivity index (χ2v) is 6.30. The molecule has 2 aromatic heterocycles. The van der Waals surface area contributed by atoms with Crippen molar-refractivity contribution in [3.05, 3.63) is 18.5 Å². The van der Waals surface area contributed by atoms with Gasteiger partial charge in [0.15, 0.2) is 5.65 Å². The Bertz CT molecular complexity index is 727. The lowest BCUT2D eigenvalue weighted by Crippen LogP contribution is -2.60. The Morgan fingerprint density at radius 2 is 2.25 bits per heavy atom. The molecule has 0 N–H and O–H groups in total. The lowest BCUT2D eigenvalue weighted by molar-refractivity contribution is -0.142. The third-order valence-corrected chi connectivity index (χ3v) is 4.76. The lowest BCUT2D eigenvalue weighted by Gasteiger charge is -2.45. The molecule has 1 amide bonds. The summed E-state index contributed by atoms with van der Waals surface area (Å²) in [5.41, 5.74) is 0.753. The van der Waals surface area contributed by atoms with Gasteiger partial charge in [-0.25, -0.2) is 0 Å². The van der Waals surface area contributed by atoms with Crippen molar-refractivity contribution >= 4 is 17.4 Å². The first kappa shape index (κ1) is 15.3. The topological polar surface area (TPSA) is 79.1 Å². The van der Waals surface area contributed by atoms with Gasteiger partial charge < -0.3 is 14.5 Å². The lowest BCUT2D eigenvalue weighted by atomic mass is 10.1. The predicted molar refractivity (Wildman–Crippen MR) is 86.8 cm³/mol. The highest BCUT2D eigenvalue weighted by atomic mass is 16.5. The fourth-order valence-electron chi connectivity index (χ4n) is 3.06. The van der Waals surface area contributed by atoms with Crippen LogP contribution in [-0.4, -0.2) is 94.5 Å². The molecule has 0 aromatic carbocycles. The van der Waals surface area contributed by atoms with Crippen LogP contribution in [0.4, 0.5) is 5.82 Å². The van der Waals surface area contributed by atoms with Crippen molar-refractivity contribution < 1.29 is 9.53 Å². The minimum Gasteiger partial charge on any atom is -0.370 e. The molecule has 0 saturated carbocycles. The molecule has 0 aliphatic carbocycles. The van der Waals surface area contributed by atoms with Crippen molar-refractivity contribution in [1.82, 2.24) is 29.6 Å². The smallest absolute Gasteiger partial charge is 0.248 e. The van der Waals surface area contributed by atoms with Gasteiger partial charge in [-0.05, 0) is 19.2 Å². The Hall–Kier alpha value is -2.26. The SMILES string of the molecule is CN(CCN1CCOCC1=O)C1CN(c2ccc3nncn3n2)C1. The first-order valence-electron chi connectivity index (χ1n) is 8.18. The minimum absolute atomic E-state index is 0.0938. The van der Waals surface area contributed by atoms with E-state index in [9.17, 15) is 4.79 Å². The van der Waals surface area contributed by atoms with Crippen molar-refractivity contribution in [3.8, 4) is 0 Å². The van der Waals surface area contributed by atoms with Crippen molar-refractivity contribution in [2.75, 3.05) is 57.9 Å². The third kappa shape index (κ3) is 2.92. The predicted octanol–water partition coefficient (Wildman–Crippen LogP) is -0.896. The molecule has 0 spiro atoms. The van der Waals surface area contributed by atoms with Crippen LogP contribution >= 0.6 is 0 Å². The number of nitrogens with zero attached hydrogens (tertiary/aromatic N) is 7. The fourth-order valence-corrected chi connectivity index (χ4v) is 3.06. The van der Waals surface area contributed by atoms with Crippen LogP contribution in [0.5, 0.6) is 0 Å². The summed E-state index contributed by atoms with van der Waals surface area (Å²) >= 11 is 0. The molecular weight excluding hydrogens is 310 g/mol. The van der Waals surface area contributed by atoms with Gasteiger partial charge in [-0.3, -0.25) is 9.69 Å². The molecule has 4 rings (SSSR count). The zero-order valence-corrected chi connectivity index (χ0v) is 13.7. The van der Waals surface area contributed by atoms with E-state index >= 15 is 0 Å². The first-order valence-corrected chi connectivity index (χ1v) is 8.18. The normalized spacial score (nSPS) is 19.3. The van der Waals surface area contributed by atoms with Crippen LogP contribution in [0.15, 0.2) is 18.5 Å². The summed E-state index contributed by atoms with van der Waals surface area (Å²) in [6, 6.07) is 4.39. The minimum atomic E-state index is 0.0938. The maximum absolute atomic E-state index is 11.7. The fraction of sp³-hybridized carbons (Fsp3) is 0.600. The molecule has 2 saturated heterocycles. The highest BCUT2D eigenvalue weighted by molar-refractivity contribution is 5.77. The number of rotatable bonds is 5. The molecule has 0 atom stereocenters. The number of likely N-dealkylation sites (N-methyl/N-ethyl adjacent to an activating group) is 1. The average molecular weight is 331 g/mol. The molecule has 4 heterocycles. The van der Waals surface area contributed by atoms with Gasteiger partial charge in [-0.2, -0.15) is 4.52 Å². The van der Waals surface area contributed by atoms with Gasteiger partial charge in [0.25, 0.3) is 0 Å². The molecule has 9 heteroatoms.